The van der Waals surface area contributed by atoms with E-state index in [-0.39, 0.29) is 5.41 Å². The first-order chi connectivity index (χ1) is 10.1. The van der Waals surface area contributed by atoms with E-state index in [4.69, 9.17) is 10.3 Å². The van der Waals surface area contributed by atoms with Crippen LogP contribution in [0.1, 0.15) is 70.5 Å². The van der Waals surface area contributed by atoms with Crippen LogP contribution >= 0.6 is 11.8 Å². The van der Waals surface area contributed by atoms with E-state index in [0.717, 1.165) is 48.5 Å². The van der Waals surface area contributed by atoms with Gasteiger partial charge >= 0.3 is 0 Å². The van der Waals surface area contributed by atoms with Crippen molar-refractivity contribution < 1.29 is 4.52 Å². The molecule has 1 heterocycles. The average molecular weight is 311 g/mol. The van der Waals surface area contributed by atoms with Gasteiger partial charge in [-0.1, -0.05) is 38.3 Å². The second-order valence-electron chi connectivity index (χ2n) is 6.88. The van der Waals surface area contributed by atoms with Crippen LogP contribution in [-0.4, -0.2) is 21.9 Å². The molecule has 4 nitrogen and oxygen atoms in total. The third kappa shape index (κ3) is 5.99. The molecule has 0 aliphatic heterocycles. The summed E-state index contributed by atoms with van der Waals surface area (Å²) in [5.74, 6) is 2.52. The zero-order chi connectivity index (χ0) is 15.1. The number of nitrogens with two attached hydrogens (primary N) is 1. The van der Waals surface area contributed by atoms with E-state index in [1.807, 2.05) is 11.8 Å². The summed E-state index contributed by atoms with van der Waals surface area (Å²) in [5.41, 5.74) is 5.89. The molecule has 0 amide bonds. The number of hydrogen-bond donors (Lipinski definition) is 1. The van der Waals surface area contributed by atoms with Gasteiger partial charge in [0.15, 0.2) is 5.82 Å². The number of hydrogen-bond acceptors (Lipinski definition) is 5. The molecule has 1 fully saturated rings. The van der Waals surface area contributed by atoms with Crippen LogP contribution < -0.4 is 5.73 Å². The Bertz CT molecular complexity index is 413. The second kappa shape index (κ2) is 8.18. The van der Waals surface area contributed by atoms with Gasteiger partial charge in [-0.05, 0) is 37.6 Å². The number of aromatic nitrogens is 2. The fourth-order valence-corrected chi connectivity index (χ4v) is 4.00. The third-order valence-electron chi connectivity index (χ3n) is 4.35. The highest BCUT2D eigenvalue weighted by molar-refractivity contribution is 7.99. The Morgan fingerprint density at radius 2 is 2.00 bits per heavy atom. The molecule has 21 heavy (non-hydrogen) atoms. The largest absolute Gasteiger partial charge is 0.339 e. The lowest BCUT2D eigenvalue weighted by molar-refractivity contribution is 0.289. The first kappa shape index (κ1) is 16.8. The van der Waals surface area contributed by atoms with Crippen molar-refractivity contribution in [2.75, 3.05) is 6.54 Å². The lowest BCUT2D eigenvalue weighted by Crippen LogP contribution is -2.17. The Morgan fingerprint density at radius 1 is 1.24 bits per heavy atom. The summed E-state index contributed by atoms with van der Waals surface area (Å²) in [4.78, 5) is 4.53. The van der Waals surface area contributed by atoms with E-state index in [1.165, 1.54) is 32.1 Å². The van der Waals surface area contributed by atoms with Gasteiger partial charge in [0.05, 0.1) is 5.75 Å². The Balaban J connectivity index is 1.73. The zero-order valence-electron chi connectivity index (χ0n) is 13.4. The normalized spacial score (nSPS) is 17.3. The summed E-state index contributed by atoms with van der Waals surface area (Å²) in [5, 5.41) is 4.91. The van der Waals surface area contributed by atoms with Gasteiger partial charge in [0.1, 0.15) is 0 Å². The summed E-state index contributed by atoms with van der Waals surface area (Å²) < 4.78 is 5.37. The van der Waals surface area contributed by atoms with Crippen LogP contribution in [0.15, 0.2) is 4.52 Å². The van der Waals surface area contributed by atoms with E-state index in [0.29, 0.717) is 0 Å². The lowest BCUT2D eigenvalue weighted by atomic mass is 9.84. The lowest BCUT2D eigenvalue weighted by Gasteiger charge is -2.22. The van der Waals surface area contributed by atoms with Gasteiger partial charge in [-0.25, -0.2) is 0 Å². The molecule has 0 unspecified atom stereocenters. The molecular formula is C16H29N3OS. The molecule has 2 rings (SSSR count). The smallest absolute Gasteiger partial charge is 0.226 e. The molecule has 1 aromatic heterocycles. The first-order valence-electron chi connectivity index (χ1n) is 8.22. The molecule has 1 aliphatic carbocycles. The van der Waals surface area contributed by atoms with Gasteiger partial charge in [-0.15, -0.1) is 0 Å². The average Bonchev–Trinajstić information content (AvgIpc) is 2.92. The van der Waals surface area contributed by atoms with E-state index in [1.54, 1.807) is 0 Å². The fraction of sp³-hybridized carbons (Fsp3) is 0.875. The molecule has 1 saturated carbocycles. The molecule has 0 aromatic carbocycles. The van der Waals surface area contributed by atoms with E-state index in [2.05, 4.69) is 24.0 Å². The molecule has 0 saturated heterocycles. The van der Waals surface area contributed by atoms with Crippen molar-refractivity contribution in [2.24, 2.45) is 11.1 Å². The first-order valence-corrected chi connectivity index (χ1v) is 9.27. The minimum Gasteiger partial charge on any atom is -0.339 e. The van der Waals surface area contributed by atoms with Gasteiger partial charge in [-0.2, -0.15) is 16.7 Å². The number of nitrogens with zero attached hydrogens (tertiary/aromatic N) is 2. The van der Waals surface area contributed by atoms with E-state index < -0.39 is 0 Å². The van der Waals surface area contributed by atoms with Crippen molar-refractivity contribution >= 4 is 11.8 Å². The Morgan fingerprint density at radius 3 is 2.71 bits per heavy atom. The van der Waals surface area contributed by atoms with Crippen LogP contribution in [0, 0.1) is 5.41 Å². The highest BCUT2D eigenvalue weighted by Gasteiger charge is 2.19. The molecule has 1 aliphatic rings. The molecule has 120 valence electrons. The van der Waals surface area contributed by atoms with Crippen molar-refractivity contribution in [1.82, 2.24) is 10.1 Å². The standard InChI is InChI=1S/C16H29N3OS/c1-16(2,10-11-17)9-8-15-18-14(19-20-15)12-21-13-6-4-3-5-7-13/h13H,3-12,17H2,1-2H3. The summed E-state index contributed by atoms with van der Waals surface area (Å²) in [7, 11) is 0. The van der Waals surface area contributed by atoms with Crippen LogP contribution in [0.25, 0.3) is 0 Å². The number of aryl methyl sites for hydroxylation is 1. The Kier molecular flexibility index (Phi) is 6.55. The highest BCUT2D eigenvalue weighted by atomic mass is 32.2. The summed E-state index contributed by atoms with van der Waals surface area (Å²) in [6.45, 7) is 5.23. The van der Waals surface area contributed by atoms with Crippen LogP contribution in [0.4, 0.5) is 0 Å². The summed E-state index contributed by atoms with van der Waals surface area (Å²) >= 11 is 1.99. The summed E-state index contributed by atoms with van der Waals surface area (Å²) in [6.07, 6.45) is 9.80. The molecule has 5 heteroatoms. The number of thioether (sulfide) groups is 1. The molecule has 0 atom stereocenters. The van der Waals surface area contributed by atoms with Crippen LogP contribution in [0.3, 0.4) is 0 Å². The van der Waals surface area contributed by atoms with Crippen LogP contribution in [0.5, 0.6) is 0 Å². The minimum absolute atomic E-state index is 0.250. The molecule has 0 radical (unpaired) electrons. The molecule has 0 bridgehead atoms. The maximum atomic E-state index is 5.64. The zero-order valence-corrected chi connectivity index (χ0v) is 14.3. The van der Waals surface area contributed by atoms with Crippen molar-refractivity contribution in [3.8, 4) is 0 Å². The Labute approximate surface area is 132 Å². The van der Waals surface area contributed by atoms with Crippen molar-refractivity contribution in [3.63, 3.8) is 0 Å². The SMILES string of the molecule is CC(C)(CCN)CCc1nc(CSC2CCCCC2)no1. The van der Waals surface area contributed by atoms with E-state index >= 15 is 0 Å². The van der Waals surface area contributed by atoms with Gasteiger partial charge in [0.2, 0.25) is 5.89 Å². The number of rotatable bonds is 8. The minimum atomic E-state index is 0.250. The second-order valence-corrected chi connectivity index (χ2v) is 8.17. The third-order valence-corrected chi connectivity index (χ3v) is 5.71. The van der Waals surface area contributed by atoms with Gasteiger partial charge < -0.3 is 10.3 Å². The highest BCUT2D eigenvalue weighted by Crippen LogP contribution is 2.30. The van der Waals surface area contributed by atoms with Crippen LogP contribution in [-0.2, 0) is 12.2 Å². The summed E-state index contributed by atoms with van der Waals surface area (Å²) in [6, 6.07) is 0. The molecule has 2 N–H and O–H groups in total. The molecular weight excluding hydrogens is 282 g/mol. The quantitative estimate of drug-likeness (QED) is 0.787. The van der Waals surface area contributed by atoms with Gasteiger partial charge in [-0.3, -0.25) is 0 Å². The topological polar surface area (TPSA) is 64.9 Å². The van der Waals surface area contributed by atoms with Gasteiger partial charge in [0.25, 0.3) is 0 Å². The molecule has 0 spiro atoms. The van der Waals surface area contributed by atoms with Crippen molar-refractivity contribution in [3.05, 3.63) is 11.7 Å². The molecule has 1 aromatic rings. The maximum absolute atomic E-state index is 5.64. The van der Waals surface area contributed by atoms with E-state index in [9.17, 15) is 0 Å². The van der Waals surface area contributed by atoms with Crippen LogP contribution in [0.2, 0.25) is 0 Å². The maximum Gasteiger partial charge on any atom is 0.226 e. The van der Waals surface area contributed by atoms with Crippen molar-refractivity contribution in [2.45, 2.75) is 76.2 Å². The van der Waals surface area contributed by atoms with Crippen molar-refractivity contribution in [1.29, 1.82) is 0 Å². The monoisotopic (exact) mass is 311 g/mol. The predicted molar refractivity (Wildman–Crippen MR) is 88.2 cm³/mol. The predicted octanol–water partition coefficient (Wildman–Crippen LogP) is 3.94. The fourth-order valence-electron chi connectivity index (χ4n) is 2.84. The Hall–Kier alpha value is -0.550. The van der Waals surface area contributed by atoms with Gasteiger partial charge in [0, 0.05) is 11.7 Å².